The van der Waals surface area contributed by atoms with Crippen molar-refractivity contribution in [3.05, 3.63) is 58.1 Å². The first-order valence-corrected chi connectivity index (χ1v) is 8.99. The molecule has 1 saturated heterocycles. The Morgan fingerprint density at radius 2 is 1.67 bits per heavy atom. The number of nitro groups is 1. The van der Waals surface area contributed by atoms with E-state index >= 15 is 0 Å². The second-order valence-electron chi connectivity index (χ2n) is 6.97. The van der Waals surface area contributed by atoms with Crippen LogP contribution in [0.5, 0.6) is 5.75 Å². The zero-order chi connectivity index (χ0) is 22.4. The Morgan fingerprint density at radius 1 is 1.10 bits per heavy atom. The summed E-state index contributed by atoms with van der Waals surface area (Å²) in [6.45, 7) is 3.17. The fourth-order valence-corrected chi connectivity index (χ4v) is 3.76. The molecule has 1 heterocycles. The topological polar surface area (TPSA) is 75.9 Å². The van der Waals surface area contributed by atoms with Crippen LogP contribution < -0.4 is 14.5 Å². The third kappa shape index (κ3) is 3.45. The molecule has 1 fully saturated rings. The number of thiocarbonyl (C=S) groups is 1. The Kier molecular flexibility index (Phi) is 5.19. The van der Waals surface area contributed by atoms with Gasteiger partial charge in [0.15, 0.2) is 5.11 Å². The maximum absolute atomic E-state index is 13.4. The number of rotatable bonds is 4. The smallest absolute Gasteiger partial charge is 0.423 e. The Labute approximate surface area is 174 Å². The van der Waals surface area contributed by atoms with Crippen LogP contribution in [0.25, 0.3) is 0 Å². The quantitative estimate of drug-likeness (QED) is 0.396. The maximum Gasteiger partial charge on any atom is 0.423 e. The molecule has 0 unspecified atom stereocenters. The summed E-state index contributed by atoms with van der Waals surface area (Å²) in [7, 11) is 1.50. The number of carbonyl (C=O) groups is 1. The number of nitro benzene ring substituents is 1. The number of amides is 1. The first-order chi connectivity index (χ1) is 13.9. The van der Waals surface area contributed by atoms with E-state index in [4.69, 9.17) is 17.0 Å². The molecule has 1 amide bonds. The van der Waals surface area contributed by atoms with Gasteiger partial charge in [0.25, 0.3) is 11.6 Å². The van der Waals surface area contributed by atoms with Gasteiger partial charge in [-0.25, -0.2) is 0 Å². The second kappa shape index (κ2) is 7.24. The van der Waals surface area contributed by atoms with Crippen molar-refractivity contribution < 1.29 is 27.6 Å². The standard InChI is InChI=1S/C19H16F3N3O4S/c1-18(2)16(26)23(17(30)24(18)11-4-7-13(29-3)8-5-11)12-6-9-15(25(27)28)14(10-12)19(20,21)22/h4-10H,1-3H3. The van der Waals surface area contributed by atoms with E-state index in [0.717, 1.165) is 17.0 Å². The van der Waals surface area contributed by atoms with Crippen molar-refractivity contribution >= 4 is 40.3 Å². The van der Waals surface area contributed by atoms with Crippen LogP contribution in [-0.2, 0) is 11.0 Å². The lowest BCUT2D eigenvalue weighted by molar-refractivity contribution is -0.388. The molecule has 0 radical (unpaired) electrons. The maximum atomic E-state index is 13.4. The van der Waals surface area contributed by atoms with E-state index in [1.807, 2.05) is 0 Å². The largest absolute Gasteiger partial charge is 0.497 e. The SMILES string of the molecule is COc1ccc(N2C(=S)N(c3ccc([N+](=O)[O-])c(C(F)(F)F)c3)C(=O)C2(C)C)cc1. The zero-order valence-corrected chi connectivity index (χ0v) is 16.9. The van der Waals surface area contributed by atoms with Crippen LogP contribution >= 0.6 is 12.2 Å². The average molecular weight is 439 g/mol. The summed E-state index contributed by atoms with van der Waals surface area (Å²) in [5.41, 5.74) is -3.42. The fourth-order valence-electron chi connectivity index (χ4n) is 3.24. The van der Waals surface area contributed by atoms with Crippen LogP contribution in [0.4, 0.5) is 30.2 Å². The van der Waals surface area contributed by atoms with Gasteiger partial charge in [-0.05, 0) is 62.5 Å². The summed E-state index contributed by atoms with van der Waals surface area (Å²) >= 11 is 5.42. The molecule has 0 aliphatic carbocycles. The van der Waals surface area contributed by atoms with E-state index < -0.39 is 33.8 Å². The minimum Gasteiger partial charge on any atom is -0.497 e. The lowest BCUT2D eigenvalue weighted by atomic mass is 10.0. The van der Waals surface area contributed by atoms with Gasteiger partial charge >= 0.3 is 6.18 Å². The number of carbonyl (C=O) groups excluding carboxylic acids is 1. The molecule has 0 aromatic heterocycles. The minimum atomic E-state index is -4.98. The Bertz CT molecular complexity index is 1040. The molecule has 11 heteroatoms. The first kappa shape index (κ1) is 21.5. The second-order valence-corrected chi connectivity index (χ2v) is 7.34. The predicted molar refractivity (Wildman–Crippen MR) is 108 cm³/mol. The van der Waals surface area contributed by atoms with Crippen molar-refractivity contribution in [2.75, 3.05) is 16.9 Å². The number of methoxy groups -OCH3 is 1. The third-order valence-electron chi connectivity index (χ3n) is 4.74. The van der Waals surface area contributed by atoms with Crippen LogP contribution in [-0.4, -0.2) is 28.6 Å². The molecular formula is C19H16F3N3O4S. The van der Waals surface area contributed by atoms with Gasteiger partial charge in [-0.1, -0.05) is 0 Å². The molecule has 0 spiro atoms. The van der Waals surface area contributed by atoms with Crippen molar-refractivity contribution in [3.63, 3.8) is 0 Å². The number of ether oxygens (including phenoxy) is 1. The molecule has 0 atom stereocenters. The normalized spacial score (nSPS) is 16.2. The zero-order valence-electron chi connectivity index (χ0n) is 16.1. The van der Waals surface area contributed by atoms with Crippen LogP contribution in [0, 0.1) is 10.1 Å². The molecular weight excluding hydrogens is 423 g/mol. The van der Waals surface area contributed by atoms with Gasteiger partial charge in [0.05, 0.1) is 17.7 Å². The molecule has 30 heavy (non-hydrogen) atoms. The molecule has 2 aromatic carbocycles. The number of hydrogen-bond donors (Lipinski definition) is 0. The molecule has 158 valence electrons. The van der Waals surface area contributed by atoms with Gasteiger partial charge < -0.3 is 9.64 Å². The molecule has 0 N–H and O–H groups in total. The highest BCUT2D eigenvalue weighted by Gasteiger charge is 2.51. The van der Waals surface area contributed by atoms with E-state index in [-0.39, 0.29) is 10.8 Å². The van der Waals surface area contributed by atoms with Gasteiger partial charge in [-0.2, -0.15) is 13.2 Å². The van der Waals surface area contributed by atoms with Crippen molar-refractivity contribution in [3.8, 4) is 5.75 Å². The highest BCUT2D eigenvalue weighted by molar-refractivity contribution is 7.81. The summed E-state index contributed by atoms with van der Waals surface area (Å²) < 4.78 is 45.2. The van der Waals surface area contributed by atoms with Crippen molar-refractivity contribution in [2.24, 2.45) is 0 Å². The van der Waals surface area contributed by atoms with Gasteiger partial charge in [0.1, 0.15) is 16.9 Å². The number of nitrogens with zero attached hydrogens (tertiary/aromatic N) is 3. The van der Waals surface area contributed by atoms with Crippen LogP contribution in [0.3, 0.4) is 0 Å². The lowest BCUT2D eigenvalue weighted by Gasteiger charge is -2.29. The first-order valence-electron chi connectivity index (χ1n) is 8.58. The highest BCUT2D eigenvalue weighted by atomic mass is 32.1. The summed E-state index contributed by atoms with van der Waals surface area (Å²) in [5, 5.41) is 11.0. The molecule has 3 rings (SSSR count). The molecule has 1 aliphatic rings. The van der Waals surface area contributed by atoms with Crippen LogP contribution in [0.2, 0.25) is 0 Å². The summed E-state index contributed by atoms with van der Waals surface area (Å²) in [6, 6.07) is 9.02. The van der Waals surface area contributed by atoms with Gasteiger partial charge in [-0.15, -0.1) is 0 Å². The number of hydrogen-bond acceptors (Lipinski definition) is 5. The Morgan fingerprint density at radius 3 is 2.17 bits per heavy atom. The van der Waals surface area contributed by atoms with Crippen molar-refractivity contribution in [1.29, 1.82) is 0 Å². The van der Waals surface area contributed by atoms with Gasteiger partial charge in [0, 0.05) is 11.8 Å². The van der Waals surface area contributed by atoms with E-state index in [2.05, 4.69) is 0 Å². The van der Waals surface area contributed by atoms with E-state index in [0.29, 0.717) is 17.5 Å². The van der Waals surface area contributed by atoms with E-state index in [1.54, 1.807) is 38.1 Å². The molecule has 1 aliphatic heterocycles. The summed E-state index contributed by atoms with van der Waals surface area (Å²) in [6.07, 6.45) is -4.98. The van der Waals surface area contributed by atoms with Crippen molar-refractivity contribution in [1.82, 2.24) is 0 Å². The van der Waals surface area contributed by atoms with E-state index in [9.17, 15) is 28.1 Å². The number of anilines is 2. The molecule has 0 bridgehead atoms. The summed E-state index contributed by atoms with van der Waals surface area (Å²) in [4.78, 5) is 25.4. The monoisotopic (exact) mass is 439 g/mol. The van der Waals surface area contributed by atoms with Crippen molar-refractivity contribution in [2.45, 2.75) is 25.6 Å². The van der Waals surface area contributed by atoms with Crippen LogP contribution in [0.1, 0.15) is 19.4 Å². The fraction of sp³-hybridized carbons (Fsp3) is 0.263. The van der Waals surface area contributed by atoms with E-state index in [1.165, 1.54) is 12.0 Å². The van der Waals surface area contributed by atoms with Gasteiger partial charge in [-0.3, -0.25) is 19.8 Å². The predicted octanol–water partition coefficient (Wildman–Crippen LogP) is 4.54. The lowest BCUT2D eigenvalue weighted by Crippen LogP contribution is -2.44. The third-order valence-corrected chi connectivity index (χ3v) is 5.10. The summed E-state index contributed by atoms with van der Waals surface area (Å²) in [5.74, 6) is 0.0142. The Balaban J connectivity index is 2.10. The molecule has 0 saturated carbocycles. The highest BCUT2D eigenvalue weighted by Crippen LogP contribution is 2.41. The Hall–Kier alpha value is -3.21. The minimum absolute atomic E-state index is 0.0443. The van der Waals surface area contributed by atoms with Gasteiger partial charge in [0.2, 0.25) is 0 Å². The number of benzene rings is 2. The molecule has 2 aromatic rings. The molecule has 7 nitrogen and oxygen atoms in total. The number of alkyl halides is 3. The van der Waals surface area contributed by atoms with Crippen LogP contribution in [0.15, 0.2) is 42.5 Å². The average Bonchev–Trinajstić information content (AvgIpc) is 2.85. The number of halogens is 3.